The summed E-state index contributed by atoms with van der Waals surface area (Å²) in [6.45, 7) is 1.42. The van der Waals surface area contributed by atoms with Crippen LogP contribution in [0.5, 0.6) is 11.5 Å². The Labute approximate surface area is 110 Å². The monoisotopic (exact) mass is 270 g/mol. The molecule has 4 N–H and O–H groups in total. The fraction of sp³-hybridized carbons (Fsp3) is 0.538. The molecule has 0 bridgehead atoms. The summed E-state index contributed by atoms with van der Waals surface area (Å²) in [4.78, 5) is 0. The van der Waals surface area contributed by atoms with E-state index in [1.54, 1.807) is 6.92 Å². The maximum Gasteiger partial charge on any atom is 0.229 e. The van der Waals surface area contributed by atoms with Crippen molar-refractivity contribution in [2.24, 2.45) is 5.92 Å². The van der Waals surface area contributed by atoms with E-state index < -0.39 is 24.6 Å². The Morgan fingerprint density at radius 1 is 1.16 bits per heavy atom. The highest BCUT2D eigenvalue weighted by Crippen LogP contribution is 2.28. The van der Waals surface area contributed by atoms with Crippen molar-refractivity contribution in [1.29, 1.82) is 0 Å². The second kappa shape index (κ2) is 5.75. The average molecular weight is 270 g/mol. The summed E-state index contributed by atoms with van der Waals surface area (Å²) >= 11 is 0. The molecule has 106 valence electrons. The van der Waals surface area contributed by atoms with E-state index in [1.807, 2.05) is 0 Å². The van der Waals surface area contributed by atoms with Crippen molar-refractivity contribution in [1.82, 2.24) is 0 Å². The van der Waals surface area contributed by atoms with Crippen molar-refractivity contribution in [3.63, 3.8) is 0 Å². The van der Waals surface area contributed by atoms with E-state index >= 15 is 0 Å². The second-order valence-electron chi connectivity index (χ2n) is 4.68. The molecular formula is C13H18O6. The van der Waals surface area contributed by atoms with Crippen LogP contribution in [0.25, 0.3) is 0 Å². The Bertz CT molecular complexity index is 404. The number of hydrogen-bond donors (Lipinski definition) is 4. The SMILES string of the molecule is C[C@H]1[C@H](O)[C@@H](O)C(Oc2ccc(O)cc2)O[C@H]1CO. The van der Waals surface area contributed by atoms with Crippen LogP contribution in [0.4, 0.5) is 0 Å². The van der Waals surface area contributed by atoms with Crippen LogP contribution < -0.4 is 4.74 Å². The number of ether oxygens (including phenoxy) is 2. The fourth-order valence-electron chi connectivity index (χ4n) is 2.03. The molecule has 6 heteroatoms. The van der Waals surface area contributed by atoms with Crippen LogP contribution in [-0.2, 0) is 4.74 Å². The molecule has 0 saturated carbocycles. The Balaban J connectivity index is 2.08. The average Bonchev–Trinajstić information content (AvgIpc) is 2.42. The summed E-state index contributed by atoms with van der Waals surface area (Å²) in [7, 11) is 0. The molecule has 1 saturated heterocycles. The van der Waals surface area contributed by atoms with Gasteiger partial charge >= 0.3 is 0 Å². The summed E-state index contributed by atoms with van der Waals surface area (Å²) in [5, 5.41) is 38.1. The zero-order valence-corrected chi connectivity index (χ0v) is 10.5. The topological polar surface area (TPSA) is 99.4 Å². The molecule has 1 aromatic carbocycles. The van der Waals surface area contributed by atoms with Crippen LogP contribution in [0.15, 0.2) is 24.3 Å². The number of phenolic OH excluding ortho intramolecular Hbond substituents is 1. The molecule has 1 heterocycles. The number of rotatable bonds is 3. The van der Waals surface area contributed by atoms with E-state index in [4.69, 9.17) is 14.6 Å². The summed E-state index contributed by atoms with van der Waals surface area (Å²) in [5.74, 6) is 0.0966. The van der Waals surface area contributed by atoms with Gasteiger partial charge in [0.15, 0.2) is 0 Å². The molecule has 1 aliphatic rings. The lowest BCUT2D eigenvalue weighted by Gasteiger charge is -2.40. The highest BCUT2D eigenvalue weighted by atomic mass is 16.7. The Hall–Kier alpha value is -1.34. The van der Waals surface area contributed by atoms with E-state index in [0.29, 0.717) is 5.75 Å². The smallest absolute Gasteiger partial charge is 0.229 e. The van der Waals surface area contributed by atoms with Gasteiger partial charge in [0, 0.05) is 5.92 Å². The predicted octanol–water partition coefficient (Wildman–Crippen LogP) is -0.154. The molecule has 0 aliphatic carbocycles. The van der Waals surface area contributed by atoms with E-state index in [9.17, 15) is 15.3 Å². The first-order valence-electron chi connectivity index (χ1n) is 6.11. The predicted molar refractivity (Wildman–Crippen MR) is 65.7 cm³/mol. The van der Waals surface area contributed by atoms with E-state index in [0.717, 1.165) is 0 Å². The lowest BCUT2D eigenvalue weighted by atomic mass is 9.91. The molecule has 0 aromatic heterocycles. The van der Waals surface area contributed by atoms with Crippen LogP contribution in [-0.4, -0.2) is 51.6 Å². The van der Waals surface area contributed by atoms with Crippen LogP contribution in [0.2, 0.25) is 0 Å². The minimum absolute atomic E-state index is 0.0966. The molecule has 2 rings (SSSR count). The third-order valence-electron chi connectivity index (χ3n) is 3.33. The summed E-state index contributed by atoms with van der Waals surface area (Å²) in [6, 6.07) is 5.91. The number of hydrogen-bond acceptors (Lipinski definition) is 6. The first-order valence-corrected chi connectivity index (χ1v) is 6.11. The zero-order valence-electron chi connectivity index (χ0n) is 10.5. The van der Waals surface area contributed by atoms with Crippen molar-refractivity contribution >= 4 is 0 Å². The number of aromatic hydroxyl groups is 1. The molecule has 6 nitrogen and oxygen atoms in total. The number of benzene rings is 1. The molecule has 0 spiro atoms. The quantitative estimate of drug-likeness (QED) is 0.609. The van der Waals surface area contributed by atoms with Gasteiger partial charge in [-0.2, -0.15) is 0 Å². The summed E-state index contributed by atoms with van der Waals surface area (Å²) in [5.41, 5.74) is 0. The first-order chi connectivity index (χ1) is 9.02. The molecular weight excluding hydrogens is 252 g/mol. The zero-order chi connectivity index (χ0) is 14.0. The lowest BCUT2D eigenvalue weighted by Crippen LogP contribution is -2.56. The number of phenols is 1. The maximum atomic E-state index is 9.91. The third kappa shape index (κ3) is 2.98. The Kier molecular flexibility index (Phi) is 4.26. The molecule has 1 unspecified atom stereocenters. The Morgan fingerprint density at radius 3 is 2.37 bits per heavy atom. The molecule has 1 aliphatic heterocycles. The van der Waals surface area contributed by atoms with Gasteiger partial charge in [-0.05, 0) is 24.3 Å². The highest BCUT2D eigenvalue weighted by Gasteiger charge is 2.43. The van der Waals surface area contributed by atoms with Crippen molar-refractivity contribution in [3.8, 4) is 11.5 Å². The largest absolute Gasteiger partial charge is 0.508 e. The normalized spacial score (nSPS) is 35.1. The molecule has 0 radical (unpaired) electrons. The van der Waals surface area contributed by atoms with E-state index in [-0.39, 0.29) is 18.3 Å². The molecule has 19 heavy (non-hydrogen) atoms. The molecule has 5 atom stereocenters. The number of aliphatic hydroxyl groups excluding tert-OH is 3. The van der Waals surface area contributed by atoms with Crippen LogP contribution in [0.3, 0.4) is 0 Å². The van der Waals surface area contributed by atoms with Crippen LogP contribution >= 0.6 is 0 Å². The maximum absolute atomic E-state index is 9.91. The summed E-state index contributed by atoms with van der Waals surface area (Å²) in [6.07, 6.45) is -3.90. The van der Waals surface area contributed by atoms with Gasteiger partial charge in [-0.25, -0.2) is 0 Å². The molecule has 1 fully saturated rings. The minimum atomic E-state index is -1.20. The first kappa shape index (κ1) is 14.1. The highest BCUT2D eigenvalue weighted by molar-refractivity contribution is 5.30. The molecule has 0 amide bonds. The van der Waals surface area contributed by atoms with Crippen LogP contribution in [0, 0.1) is 5.92 Å². The third-order valence-corrected chi connectivity index (χ3v) is 3.33. The summed E-state index contributed by atoms with van der Waals surface area (Å²) < 4.78 is 10.8. The van der Waals surface area contributed by atoms with Crippen molar-refractivity contribution < 1.29 is 29.9 Å². The minimum Gasteiger partial charge on any atom is -0.508 e. The van der Waals surface area contributed by atoms with Crippen molar-refractivity contribution in [3.05, 3.63) is 24.3 Å². The van der Waals surface area contributed by atoms with Gasteiger partial charge in [0.2, 0.25) is 6.29 Å². The van der Waals surface area contributed by atoms with Gasteiger partial charge in [0.05, 0.1) is 18.8 Å². The second-order valence-corrected chi connectivity index (χ2v) is 4.68. The van der Waals surface area contributed by atoms with Crippen LogP contribution in [0.1, 0.15) is 6.92 Å². The number of aliphatic hydroxyl groups is 3. The van der Waals surface area contributed by atoms with Gasteiger partial charge in [-0.15, -0.1) is 0 Å². The Morgan fingerprint density at radius 2 is 1.79 bits per heavy atom. The van der Waals surface area contributed by atoms with Gasteiger partial charge in [-0.1, -0.05) is 6.92 Å². The van der Waals surface area contributed by atoms with Gasteiger partial charge in [0.25, 0.3) is 0 Å². The van der Waals surface area contributed by atoms with E-state index in [2.05, 4.69) is 0 Å². The van der Waals surface area contributed by atoms with Gasteiger partial charge < -0.3 is 29.9 Å². The van der Waals surface area contributed by atoms with Gasteiger partial charge in [0.1, 0.15) is 17.6 Å². The fourth-order valence-corrected chi connectivity index (χ4v) is 2.03. The molecule has 1 aromatic rings. The van der Waals surface area contributed by atoms with Crippen molar-refractivity contribution in [2.45, 2.75) is 31.5 Å². The standard InChI is InChI=1S/C13H18O6/c1-7-10(6-14)19-13(12(17)11(7)16)18-9-4-2-8(15)3-5-9/h2-5,7,10-17H,6H2,1H3/t7-,10+,11+,12-,13?/m1/s1. The van der Waals surface area contributed by atoms with Crippen molar-refractivity contribution in [2.75, 3.05) is 6.61 Å². The van der Waals surface area contributed by atoms with E-state index in [1.165, 1.54) is 24.3 Å². The lowest BCUT2D eigenvalue weighted by molar-refractivity contribution is -0.261. The van der Waals surface area contributed by atoms with Gasteiger partial charge in [-0.3, -0.25) is 0 Å².